The summed E-state index contributed by atoms with van der Waals surface area (Å²) in [6.45, 7) is 1.27. The summed E-state index contributed by atoms with van der Waals surface area (Å²) in [4.78, 5) is 15.0. The van der Waals surface area contributed by atoms with Gasteiger partial charge in [0.2, 0.25) is 0 Å². The number of aromatic nitrogens is 5. The molecule has 1 N–H and O–H groups in total. The monoisotopic (exact) mass is 618 g/mol. The van der Waals surface area contributed by atoms with E-state index in [2.05, 4.69) is 52.4 Å². The smallest absolute Gasteiger partial charge is 0.273 e. The molecule has 1 fully saturated rings. The first-order valence-electron chi connectivity index (χ1n) is 11.1. The van der Waals surface area contributed by atoms with Gasteiger partial charge in [0.05, 0.1) is 41.9 Å². The lowest BCUT2D eigenvalue weighted by Gasteiger charge is -2.32. The molecular formula is C24H21Br2FN6O3. The molecule has 12 heteroatoms. The Morgan fingerprint density at radius 1 is 1.25 bits per heavy atom. The molecule has 36 heavy (non-hydrogen) atoms. The first-order valence-corrected chi connectivity index (χ1v) is 12.7. The summed E-state index contributed by atoms with van der Waals surface area (Å²) in [5.41, 5.74) is 3.26. The molecule has 1 amide bonds. The third kappa shape index (κ3) is 5.06. The quantitative estimate of drug-likeness (QED) is 0.343. The highest BCUT2D eigenvalue weighted by Crippen LogP contribution is 2.31. The van der Waals surface area contributed by atoms with Gasteiger partial charge in [-0.1, -0.05) is 5.21 Å². The zero-order valence-corrected chi connectivity index (χ0v) is 22.3. The normalized spacial score (nSPS) is 15.8. The highest BCUT2D eigenvalue weighted by molar-refractivity contribution is 9.11. The van der Waals surface area contributed by atoms with E-state index < -0.39 is 0 Å². The Morgan fingerprint density at radius 3 is 2.81 bits per heavy atom. The molecule has 0 radical (unpaired) electrons. The Bertz CT molecular complexity index is 1390. The summed E-state index contributed by atoms with van der Waals surface area (Å²) >= 11 is 6.89. The number of H-pyrrole nitrogens is 1. The van der Waals surface area contributed by atoms with Crippen LogP contribution in [0.1, 0.15) is 16.2 Å². The van der Waals surface area contributed by atoms with Gasteiger partial charge in [0.15, 0.2) is 0 Å². The standard InChI is InChI=1S/C24H21Br2FN6O3/c1-35-17-5-2-14(3-6-17)22-21(26)23(30-29-22)24(34)32-8-9-36-18(13-32)11-16-12-33(31-28-16)20-7-4-15(27)10-19(20)25/h2-7,10,12,18H,8-9,11,13H2,1H3,(H,29,30). The minimum absolute atomic E-state index is 0.165. The van der Waals surface area contributed by atoms with Crippen LogP contribution in [0.5, 0.6) is 5.75 Å². The van der Waals surface area contributed by atoms with Gasteiger partial charge in [-0.15, -0.1) is 5.10 Å². The number of benzene rings is 2. The average molecular weight is 620 g/mol. The van der Waals surface area contributed by atoms with Crippen LogP contribution in [0.15, 0.2) is 57.6 Å². The highest BCUT2D eigenvalue weighted by atomic mass is 79.9. The SMILES string of the molecule is COc1ccc(-c2n[nH]c(C(=O)N3CCOC(Cc4cn(-c5ccc(F)cc5Br)nn4)C3)c2Br)cc1. The number of carbonyl (C=O) groups is 1. The van der Waals surface area contributed by atoms with Gasteiger partial charge in [-0.2, -0.15) is 5.10 Å². The summed E-state index contributed by atoms with van der Waals surface area (Å²) in [6, 6.07) is 11.8. The minimum Gasteiger partial charge on any atom is -0.497 e. The molecule has 0 saturated carbocycles. The van der Waals surface area contributed by atoms with Crippen molar-refractivity contribution in [1.29, 1.82) is 0 Å². The van der Waals surface area contributed by atoms with Crippen LogP contribution in [-0.2, 0) is 11.2 Å². The molecule has 4 aromatic rings. The zero-order chi connectivity index (χ0) is 25.2. The van der Waals surface area contributed by atoms with E-state index in [1.165, 1.54) is 12.1 Å². The summed E-state index contributed by atoms with van der Waals surface area (Å²) in [6.07, 6.45) is 2.01. The van der Waals surface area contributed by atoms with Crippen molar-refractivity contribution in [2.45, 2.75) is 12.5 Å². The molecular weight excluding hydrogens is 599 g/mol. The van der Waals surface area contributed by atoms with Gasteiger partial charge in [-0.25, -0.2) is 9.07 Å². The predicted octanol–water partition coefficient (Wildman–Crippen LogP) is 4.41. The van der Waals surface area contributed by atoms with Gasteiger partial charge >= 0.3 is 0 Å². The van der Waals surface area contributed by atoms with Crippen molar-refractivity contribution in [2.75, 3.05) is 26.8 Å². The number of morpholine rings is 1. The van der Waals surface area contributed by atoms with E-state index in [0.717, 1.165) is 11.3 Å². The van der Waals surface area contributed by atoms with E-state index in [-0.39, 0.29) is 17.8 Å². The Morgan fingerprint density at radius 2 is 2.06 bits per heavy atom. The lowest BCUT2D eigenvalue weighted by Crippen LogP contribution is -2.46. The van der Waals surface area contributed by atoms with E-state index in [9.17, 15) is 9.18 Å². The number of aromatic amines is 1. The number of nitrogens with zero attached hydrogens (tertiary/aromatic N) is 5. The molecule has 2 aromatic carbocycles. The second-order valence-corrected chi connectivity index (χ2v) is 9.84. The second-order valence-electron chi connectivity index (χ2n) is 8.19. The van der Waals surface area contributed by atoms with Gasteiger partial charge in [-0.05, 0) is 74.3 Å². The number of nitrogens with one attached hydrogen (secondary N) is 1. The fourth-order valence-corrected chi connectivity index (χ4v) is 5.11. The minimum atomic E-state index is -0.341. The lowest BCUT2D eigenvalue weighted by atomic mass is 10.1. The largest absolute Gasteiger partial charge is 0.497 e. The number of amides is 1. The summed E-state index contributed by atoms with van der Waals surface area (Å²) in [7, 11) is 1.61. The Balaban J connectivity index is 1.27. The molecule has 186 valence electrons. The Hall–Kier alpha value is -3.09. The van der Waals surface area contributed by atoms with Crippen molar-refractivity contribution < 1.29 is 18.7 Å². The number of hydrogen-bond acceptors (Lipinski definition) is 6. The lowest BCUT2D eigenvalue weighted by molar-refractivity contribution is -0.0214. The van der Waals surface area contributed by atoms with Crippen molar-refractivity contribution in [2.24, 2.45) is 0 Å². The third-order valence-corrected chi connectivity index (χ3v) is 7.25. The van der Waals surface area contributed by atoms with E-state index in [4.69, 9.17) is 9.47 Å². The van der Waals surface area contributed by atoms with E-state index >= 15 is 0 Å². The number of hydrogen-bond donors (Lipinski definition) is 1. The van der Waals surface area contributed by atoms with Crippen LogP contribution in [-0.4, -0.2) is 68.9 Å². The fourth-order valence-electron chi connectivity index (χ4n) is 4.01. The van der Waals surface area contributed by atoms with Crippen LogP contribution in [0.3, 0.4) is 0 Å². The fraction of sp³-hybridized carbons (Fsp3) is 0.250. The molecule has 1 aliphatic rings. The van der Waals surface area contributed by atoms with Crippen LogP contribution < -0.4 is 4.74 Å². The van der Waals surface area contributed by atoms with E-state index in [1.807, 2.05) is 24.3 Å². The summed E-state index contributed by atoms with van der Waals surface area (Å²) < 4.78 is 27.3. The third-order valence-electron chi connectivity index (χ3n) is 5.84. The van der Waals surface area contributed by atoms with Crippen molar-refractivity contribution in [1.82, 2.24) is 30.1 Å². The molecule has 1 atom stereocenters. The summed E-state index contributed by atoms with van der Waals surface area (Å²) in [5, 5.41) is 15.6. The topological polar surface area (TPSA) is 98.2 Å². The average Bonchev–Trinajstić information content (AvgIpc) is 3.50. The van der Waals surface area contributed by atoms with Gasteiger partial charge < -0.3 is 14.4 Å². The van der Waals surface area contributed by atoms with Crippen LogP contribution in [0, 0.1) is 5.82 Å². The molecule has 0 bridgehead atoms. The number of halogens is 3. The second kappa shape index (κ2) is 10.5. The molecule has 1 saturated heterocycles. The first kappa shape index (κ1) is 24.6. The Labute approximate surface area is 222 Å². The number of rotatable bonds is 6. The van der Waals surface area contributed by atoms with Crippen LogP contribution in [0.25, 0.3) is 16.9 Å². The molecule has 0 spiro atoms. The van der Waals surface area contributed by atoms with E-state index in [1.54, 1.807) is 29.0 Å². The number of methoxy groups -OCH3 is 1. The number of carbonyl (C=O) groups excluding carboxylic acids is 1. The Kier molecular flexibility index (Phi) is 7.17. The van der Waals surface area contributed by atoms with Gasteiger partial charge in [0, 0.05) is 29.5 Å². The maximum Gasteiger partial charge on any atom is 0.273 e. The maximum atomic E-state index is 13.4. The molecule has 9 nitrogen and oxygen atoms in total. The molecule has 1 aliphatic heterocycles. The van der Waals surface area contributed by atoms with Crippen molar-refractivity contribution in [3.8, 4) is 22.7 Å². The van der Waals surface area contributed by atoms with E-state index in [0.29, 0.717) is 57.8 Å². The van der Waals surface area contributed by atoms with Gasteiger partial charge in [0.1, 0.15) is 23.0 Å². The van der Waals surface area contributed by atoms with Crippen molar-refractivity contribution in [3.63, 3.8) is 0 Å². The molecule has 1 unspecified atom stereocenters. The molecule has 5 rings (SSSR count). The van der Waals surface area contributed by atoms with Crippen LogP contribution in [0.2, 0.25) is 0 Å². The molecule has 0 aliphatic carbocycles. The van der Waals surface area contributed by atoms with Crippen molar-refractivity contribution >= 4 is 37.8 Å². The molecule has 3 heterocycles. The van der Waals surface area contributed by atoms with Gasteiger partial charge in [0.25, 0.3) is 5.91 Å². The van der Waals surface area contributed by atoms with Crippen molar-refractivity contribution in [3.05, 3.63) is 74.8 Å². The van der Waals surface area contributed by atoms with Gasteiger partial charge in [-0.3, -0.25) is 9.89 Å². The predicted molar refractivity (Wildman–Crippen MR) is 137 cm³/mol. The number of ether oxygens (including phenoxy) is 2. The molecule has 2 aromatic heterocycles. The maximum absolute atomic E-state index is 13.4. The van der Waals surface area contributed by atoms with Crippen LogP contribution in [0.4, 0.5) is 4.39 Å². The van der Waals surface area contributed by atoms with Crippen LogP contribution >= 0.6 is 31.9 Å². The zero-order valence-electron chi connectivity index (χ0n) is 19.1. The highest BCUT2D eigenvalue weighted by Gasteiger charge is 2.29. The first-order chi connectivity index (χ1) is 17.4. The summed E-state index contributed by atoms with van der Waals surface area (Å²) in [5.74, 6) is 0.235.